The lowest BCUT2D eigenvalue weighted by Crippen LogP contribution is -2.46. The van der Waals surface area contributed by atoms with Gasteiger partial charge in [-0.2, -0.15) is 13.2 Å². The summed E-state index contributed by atoms with van der Waals surface area (Å²) < 4.78 is 38.6. The summed E-state index contributed by atoms with van der Waals surface area (Å²) in [4.78, 5) is 1.94. The summed E-state index contributed by atoms with van der Waals surface area (Å²) >= 11 is 5.91. The van der Waals surface area contributed by atoms with E-state index in [9.17, 15) is 18.3 Å². The molecule has 0 spiro atoms. The molecule has 1 aromatic rings. The number of piperazine rings is 1. The van der Waals surface area contributed by atoms with Gasteiger partial charge in [0.1, 0.15) is 0 Å². The molecule has 2 N–H and O–H groups in total. The normalized spacial score (nSPS) is 19.1. The van der Waals surface area contributed by atoms with Crippen LogP contribution < -0.4 is 5.32 Å². The van der Waals surface area contributed by atoms with E-state index >= 15 is 0 Å². The van der Waals surface area contributed by atoms with E-state index < -0.39 is 17.8 Å². The molecule has 0 aromatic heterocycles. The molecule has 1 saturated heterocycles. The Morgan fingerprint density at radius 1 is 1.30 bits per heavy atom. The summed E-state index contributed by atoms with van der Waals surface area (Å²) in [7, 11) is 0. The van der Waals surface area contributed by atoms with Gasteiger partial charge in [-0.3, -0.25) is 4.90 Å². The van der Waals surface area contributed by atoms with E-state index in [-0.39, 0.29) is 11.6 Å². The molecule has 0 unspecified atom stereocenters. The van der Waals surface area contributed by atoms with Crippen molar-refractivity contribution < 1.29 is 18.3 Å². The lowest BCUT2D eigenvalue weighted by Gasteiger charge is -2.34. The molecule has 0 amide bonds. The second-order valence-electron chi connectivity index (χ2n) is 4.69. The number of benzene rings is 1. The second kappa shape index (κ2) is 6.30. The van der Waals surface area contributed by atoms with Crippen molar-refractivity contribution in [1.29, 1.82) is 0 Å². The van der Waals surface area contributed by atoms with Gasteiger partial charge in [-0.25, -0.2) is 0 Å². The van der Waals surface area contributed by atoms with E-state index in [2.05, 4.69) is 5.32 Å². The van der Waals surface area contributed by atoms with Crippen molar-refractivity contribution in [2.24, 2.45) is 0 Å². The average molecular weight is 309 g/mol. The average Bonchev–Trinajstić information content (AvgIpc) is 2.41. The maximum Gasteiger partial charge on any atom is 0.417 e. The molecule has 1 aliphatic heterocycles. The zero-order chi connectivity index (χ0) is 14.8. The van der Waals surface area contributed by atoms with E-state index in [4.69, 9.17) is 11.6 Å². The van der Waals surface area contributed by atoms with Crippen LogP contribution in [0.1, 0.15) is 17.2 Å². The van der Waals surface area contributed by atoms with Crippen molar-refractivity contribution in [3.05, 3.63) is 34.3 Å². The molecule has 1 atom stereocenters. The number of hydrogen-bond donors (Lipinski definition) is 2. The minimum absolute atomic E-state index is 0.263. The molecule has 0 aliphatic carbocycles. The minimum Gasteiger partial charge on any atom is -0.394 e. The van der Waals surface area contributed by atoms with Crippen LogP contribution in [0.3, 0.4) is 0 Å². The highest BCUT2D eigenvalue weighted by molar-refractivity contribution is 6.32. The summed E-state index contributed by atoms with van der Waals surface area (Å²) in [5.41, 5.74) is -0.531. The zero-order valence-electron chi connectivity index (χ0n) is 10.8. The Balaban J connectivity index is 2.34. The lowest BCUT2D eigenvalue weighted by atomic mass is 10.0. The second-order valence-corrected chi connectivity index (χ2v) is 5.07. The summed E-state index contributed by atoms with van der Waals surface area (Å²) in [6.45, 7) is 2.55. The number of aliphatic hydroxyl groups is 1. The molecule has 2 rings (SSSR count). The van der Waals surface area contributed by atoms with E-state index in [1.807, 2.05) is 4.90 Å². The molecule has 1 fully saturated rings. The molecule has 20 heavy (non-hydrogen) atoms. The van der Waals surface area contributed by atoms with Gasteiger partial charge in [0.25, 0.3) is 0 Å². The topological polar surface area (TPSA) is 35.5 Å². The third-order valence-corrected chi connectivity index (χ3v) is 3.88. The van der Waals surface area contributed by atoms with Crippen LogP contribution in [0.2, 0.25) is 5.02 Å². The Morgan fingerprint density at radius 2 is 1.95 bits per heavy atom. The monoisotopic (exact) mass is 308 g/mol. The first-order valence-electron chi connectivity index (χ1n) is 6.36. The number of nitrogens with zero attached hydrogens (tertiary/aromatic N) is 1. The van der Waals surface area contributed by atoms with Crippen molar-refractivity contribution in [3.63, 3.8) is 0 Å². The molecule has 1 heterocycles. The van der Waals surface area contributed by atoms with Gasteiger partial charge in [0.2, 0.25) is 0 Å². The van der Waals surface area contributed by atoms with Crippen LogP contribution in [0.5, 0.6) is 0 Å². The summed E-state index contributed by atoms with van der Waals surface area (Å²) in [5.74, 6) is 0. The summed E-state index contributed by atoms with van der Waals surface area (Å²) in [5, 5.41) is 12.4. The van der Waals surface area contributed by atoms with E-state index in [0.717, 1.165) is 19.2 Å². The number of halogens is 4. The molecule has 7 heteroatoms. The highest BCUT2D eigenvalue weighted by atomic mass is 35.5. The van der Waals surface area contributed by atoms with Crippen molar-refractivity contribution >= 4 is 11.6 Å². The molecule has 0 saturated carbocycles. The first-order chi connectivity index (χ1) is 9.45. The number of nitrogens with one attached hydrogen (secondary N) is 1. The van der Waals surface area contributed by atoms with Crippen LogP contribution in [-0.2, 0) is 6.18 Å². The molecule has 0 radical (unpaired) electrons. The highest BCUT2D eigenvalue weighted by Gasteiger charge is 2.35. The predicted molar refractivity (Wildman–Crippen MR) is 70.7 cm³/mol. The first kappa shape index (κ1) is 15.6. The third kappa shape index (κ3) is 3.25. The van der Waals surface area contributed by atoms with Crippen LogP contribution in [0.4, 0.5) is 13.2 Å². The first-order valence-corrected chi connectivity index (χ1v) is 6.74. The Hall–Kier alpha value is -0.820. The summed E-state index contributed by atoms with van der Waals surface area (Å²) in [6.07, 6.45) is -4.49. The molecule has 3 nitrogen and oxygen atoms in total. The maximum absolute atomic E-state index is 12.9. The fourth-order valence-electron chi connectivity index (χ4n) is 2.43. The van der Waals surface area contributed by atoms with Gasteiger partial charge in [0.05, 0.1) is 23.2 Å². The number of aliphatic hydroxyl groups excluding tert-OH is 1. The van der Waals surface area contributed by atoms with E-state index in [1.165, 1.54) is 6.07 Å². The number of rotatable bonds is 3. The molecular weight excluding hydrogens is 293 g/mol. The van der Waals surface area contributed by atoms with Gasteiger partial charge in [0.15, 0.2) is 0 Å². The molecule has 1 aromatic carbocycles. The third-order valence-electron chi connectivity index (χ3n) is 3.46. The van der Waals surface area contributed by atoms with Crippen molar-refractivity contribution in [3.8, 4) is 0 Å². The van der Waals surface area contributed by atoms with Gasteiger partial charge in [-0.15, -0.1) is 0 Å². The van der Waals surface area contributed by atoms with E-state index in [0.29, 0.717) is 18.7 Å². The fourth-order valence-corrected chi connectivity index (χ4v) is 2.79. The zero-order valence-corrected chi connectivity index (χ0v) is 11.5. The predicted octanol–water partition coefficient (Wildman–Crippen LogP) is 2.30. The molecule has 1 aliphatic rings. The number of hydrogen-bond acceptors (Lipinski definition) is 3. The molecule has 0 bridgehead atoms. The van der Waals surface area contributed by atoms with Crippen LogP contribution in [0, 0.1) is 0 Å². The van der Waals surface area contributed by atoms with E-state index in [1.54, 1.807) is 6.07 Å². The molecule has 112 valence electrons. The van der Waals surface area contributed by atoms with Gasteiger partial charge in [0, 0.05) is 26.2 Å². The van der Waals surface area contributed by atoms with Crippen LogP contribution in [0.25, 0.3) is 0 Å². The molecular formula is C13H16ClF3N2O. The minimum atomic E-state index is -4.49. The maximum atomic E-state index is 12.9. The van der Waals surface area contributed by atoms with Crippen LogP contribution >= 0.6 is 11.6 Å². The smallest absolute Gasteiger partial charge is 0.394 e. The van der Waals surface area contributed by atoms with Gasteiger partial charge in [-0.05, 0) is 11.6 Å². The van der Waals surface area contributed by atoms with Gasteiger partial charge in [-0.1, -0.05) is 23.7 Å². The van der Waals surface area contributed by atoms with Crippen molar-refractivity contribution in [2.45, 2.75) is 12.2 Å². The van der Waals surface area contributed by atoms with Gasteiger partial charge >= 0.3 is 6.18 Å². The SMILES string of the molecule is OC[C@H](c1cccc(C(F)(F)F)c1Cl)N1CCNCC1. The Labute approximate surface area is 120 Å². The summed E-state index contributed by atoms with van der Waals surface area (Å²) in [6, 6.07) is 3.32. The standard InChI is InChI=1S/C13H16ClF3N2O/c14-12-9(2-1-3-10(12)13(15,16)17)11(8-20)19-6-4-18-5-7-19/h1-3,11,18,20H,4-8H2/t11-/m1/s1. The van der Waals surface area contributed by atoms with Crippen molar-refractivity contribution in [1.82, 2.24) is 10.2 Å². The van der Waals surface area contributed by atoms with Crippen molar-refractivity contribution in [2.75, 3.05) is 32.8 Å². The Kier molecular flexibility index (Phi) is 4.90. The Morgan fingerprint density at radius 3 is 2.50 bits per heavy atom. The Bertz CT molecular complexity index is 461. The fraction of sp³-hybridized carbons (Fsp3) is 0.538. The highest BCUT2D eigenvalue weighted by Crippen LogP contribution is 2.39. The van der Waals surface area contributed by atoms with Crippen LogP contribution in [0.15, 0.2) is 18.2 Å². The van der Waals surface area contributed by atoms with Crippen LogP contribution in [-0.4, -0.2) is 42.8 Å². The largest absolute Gasteiger partial charge is 0.417 e. The number of alkyl halides is 3. The lowest BCUT2D eigenvalue weighted by molar-refractivity contribution is -0.137. The quantitative estimate of drug-likeness (QED) is 0.899. The van der Waals surface area contributed by atoms with Gasteiger partial charge < -0.3 is 10.4 Å².